The second-order valence-corrected chi connectivity index (χ2v) is 5.31. The largest absolute Gasteiger partial charge is 0.466 e. The van der Waals surface area contributed by atoms with Crippen LogP contribution < -0.4 is 10.2 Å². The second-order valence-electron chi connectivity index (χ2n) is 5.31. The van der Waals surface area contributed by atoms with Gasteiger partial charge in [0.05, 0.1) is 5.56 Å². The highest BCUT2D eigenvalue weighted by molar-refractivity contribution is 5.96. The molecule has 0 radical (unpaired) electrons. The Morgan fingerprint density at radius 1 is 1.29 bits per heavy atom. The minimum absolute atomic E-state index is 0.106. The first-order valence-electron chi connectivity index (χ1n) is 6.87. The Labute approximate surface area is 125 Å². The van der Waals surface area contributed by atoms with E-state index < -0.39 is 0 Å². The Balaban J connectivity index is 2.09. The number of aromatic nitrogens is 1. The van der Waals surface area contributed by atoms with Gasteiger partial charge in [-0.1, -0.05) is 0 Å². The van der Waals surface area contributed by atoms with Crippen molar-refractivity contribution >= 4 is 11.7 Å². The Morgan fingerprint density at radius 2 is 2.00 bits per heavy atom. The van der Waals surface area contributed by atoms with E-state index in [9.17, 15) is 4.79 Å². The molecular weight excluding hydrogens is 266 g/mol. The number of furan rings is 1. The topological polar surface area (TPSA) is 58.4 Å². The van der Waals surface area contributed by atoms with E-state index in [0.29, 0.717) is 17.9 Å². The lowest BCUT2D eigenvalue weighted by Crippen LogP contribution is -2.24. The maximum absolute atomic E-state index is 12.3. The molecule has 0 fully saturated rings. The van der Waals surface area contributed by atoms with Gasteiger partial charge in [0.2, 0.25) is 0 Å². The highest BCUT2D eigenvalue weighted by Crippen LogP contribution is 2.20. The van der Waals surface area contributed by atoms with Crippen molar-refractivity contribution in [2.75, 3.05) is 19.0 Å². The van der Waals surface area contributed by atoms with Crippen molar-refractivity contribution in [3.8, 4) is 0 Å². The minimum Gasteiger partial charge on any atom is -0.466 e. The summed E-state index contributed by atoms with van der Waals surface area (Å²) in [4.78, 5) is 18.5. The number of carbonyl (C=O) groups excluding carboxylic acids is 1. The molecule has 1 amide bonds. The van der Waals surface area contributed by atoms with Crippen molar-refractivity contribution in [1.82, 2.24) is 10.3 Å². The third-order valence-electron chi connectivity index (χ3n) is 3.51. The normalized spacial score (nSPS) is 10.5. The average Bonchev–Trinajstić information content (AvgIpc) is 2.70. The molecule has 112 valence electrons. The highest BCUT2D eigenvalue weighted by Gasteiger charge is 2.18. The van der Waals surface area contributed by atoms with E-state index in [1.165, 1.54) is 0 Å². The minimum atomic E-state index is -0.106. The molecule has 0 atom stereocenters. The quantitative estimate of drug-likeness (QED) is 0.939. The maximum atomic E-state index is 12.3. The summed E-state index contributed by atoms with van der Waals surface area (Å²) in [7, 11) is 3.87. The molecule has 2 aromatic heterocycles. The van der Waals surface area contributed by atoms with Crippen molar-refractivity contribution in [3.05, 3.63) is 46.5 Å². The van der Waals surface area contributed by atoms with Crippen LogP contribution in [-0.2, 0) is 6.54 Å². The Kier molecular flexibility index (Phi) is 4.31. The lowest BCUT2D eigenvalue weighted by molar-refractivity contribution is 0.0949. The van der Waals surface area contributed by atoms with Gasteiger partial charge < -0.3 is 14.6 Å². The monoisotopic (exact) mass is 287 g/mol. The van der Waals surface area contributed by atoms with E-state index >= 15 is 0 Å². The smallest absolute Gasteiger partial charge is 0.255 e. The predicted molar refractivity (Wildman–Crippen MR) is 82.7 cm³/mol. The third kappa shape index (κ3) is 3.24. The summed E-state index contributed by atoms with van der Waals surface area (Å²) < 4.78 is 5.49. The molecule has 0 aromatic carbocycles. The number of carbonyl (C=O) groups is 1. The first kappa shape index (κ1) is 15.1. The van der Waals surface area contributed by atoms with Gasteiger partial charge in [0.25, 0.3) is 5.91 Å². The number of hydrogen-bond acceptors (Lipinski definition) is 4. The predicted octanol–water partition coefficient (Wildman–Crippen LogP) is 2.60. The molecule has 0 spiro atoms. The lowest BCUT2D eigenvalue weighted by Gasteiger charge is -2.12. The van der Waals surface area contributed by atoms with Crippen LogP contribution in [0.25, 0.3) is 0 Å². The van der Waals surface area contributed by atoms with Gasteiger partial charge in [-0.05, 0) is 38.5 Å². The molecule has 0 unspecified atom stereocenters. The van der Waals surface area contributed by atoms with Crippen LogP contribution in [0.2, 0.25) is 0 Å². The fraction of sp³-hybridized carbons (Fsp3) is 0.375. The summed E-state index contributed by atoms with van der Waals surface area (Å²) in [5.41, 5.74) is 2.54. The van der Waals surface area contributed by atoms with Gasteiger partial charge in [-0.25, -0.2) is 4.98 Å². The molecule has 0 aliphatic rings. The second kappa shape index (κ2) is 5.99. The lowest BCUT2D eigenvalue weighted by atomic mass is 10.1. The van der Waals surface area contributed by atoms with Gasteiger partial charge in [-0.2, -0.15) is 0 Å². The van der Waals surface area contributed by atoms with Gasteiger partial charge in [-0.3, -0.25) is 4.79 Å². The van der Waals surface area contributed by atoms with E-state index in [0.717, 1.165) is 22.7 Å². The van der Waals surface area contributed by atoms with Crippen molar-refractivity contribution in [3.63, 3.8) is 0 Å². The zero-order valence-electron chi connectivity index (χ0n) is 13.2. The van der Waals surface area contributed by atoms with Crippen LogP contribution in [-0.4, -0.2) is 25.0 Å². The first-order valence-corrected chi connectivity index (χ1v) is 6.87. The van der Waals surface area contributed by atoms with Crippen LogP contribution >= 0.6 is 0 Å². The van der Waals surface area contributed by atoms with Gasteiger partial charge in [0.15, 0.2) is 0 Å². The average molecular weight is 287 g/mol. The van der Waals surface area contributed by atoms with Gasteiger partial charge >= 0.3 is 0 Å². The zero-order chi connectivity index (χ0) is 15.6. The van der Waals surface area contributed by atoms with Crippen LogP contribution in [0.1, 0.15) is 33.0 Å². The molecule has 0 saturated heterocycles. The number of nitrogens with one attached hydrogen (secondary N) is 1. The maximum Gasteiger partial charge on any atom is 0.255 e. The summed E-state index contributed by atoms with van der Waals surface area (Å²) in [5, 5.41) is 2.93. The fourth-order valence-corrected chi connectivity index (χ4v) is 2.21. The van der Waals surface area contributed by atoms with Gasteiger partial charge in [0, 0.05) is 32.4 Å². The Hall–Kier alpha value is -2.30. The Morgan fingerprint density at radius 3 is 2.57 bits per heavy atom. The van der Waals surface area contributed by atoms with Crippen LogP contribution in [0.3, 0.4) is 0 Å². The van der Waals surface area contributed by atoms with E-state index in [-0.39, 0.29) is 5.91 Å². The van der Waals surface area contributed by atoms with E-state index in [1.54, 1.807) is 6.20 Å². The van der Waals surface area contributed by atoms with Gasteiger partial charge in [0.1, 0.15) is 17.3 Å². The first-order chi connectivity index (χ1) is 9.90. The molecule has 2 heterocycles. The molecule has 0 saturated carbocycles. The number of amides is 1. The number of rotatable bonds is 4. The number of aryl methyl sites for hydroxylation is 2. The van der Waals surface area contributed by atoms with Crippen LogP contribution in [0.15, 0.2) is 22.7 Å². The number of pyridine rings is 1. The molecule has 0 bridgehead atoms. The van der Waals surface area contributed by atoms with Crippen molar-refractivity contribution in [2.24, 2.45) is 0 Å². The summed E-state index contributed by atoms with van der Waals surface area (Å²) >= 11 is 0. The number of hydrogen-bond donors (Lipinski definition) is 1. The van der Waals surface area contributed by atoms with Crippen molar-refractivity contribution in [2.45, 2.75) is 27.3 Å². The summed E-state index contributed by atoms with van der Waals surface area (Å²) in [6, 6.07) is 3.86. The van der Waals surface area contributed by atoms with Crippen molar-refractivity contribution in [1.29, 1.82) is 0 Å². The SMILES string of the molecule is Cc1oc(C)c(C(=O)NCc2ccnc(N(C)C)c2)c1C. The molecule has 5 nitrogen and oxygen atoms in total. The van der Waals surface area contributed by atoms with Gasteiger partial charge in [-0.15, -0.1) is 0 Å². The molecular formula is C16H21N3O2. The number of nitrogens with zero attached hydrogens (tertiary/aromatic N) is 2. The summed E-state index contributed by atoms with van der Waals surface area (Å²) in [6.07, 6.45) is 1.75. The highest BCUT2D eigenvalue weighted by atomic mass is 16.3. The van der Waals surface area contributed by atoms with Crippen LogP contribution in [0.4, 0.5) is 5.82 Å². The zero-order valence-corrected chi connectivity index (χ0v) is 13.2. The number of anilines is 1. The van der Waals surface area contributed by atoms with E-state index in [4.69, 9.17) is 4.42 Å². The molecule has 0 aliphatic heterocycles. The van der Waals surface area contributed by atoms with E-state index in [2.05, 4.69) is 10.3 Å². The van der Waals surface area contributed by atoms with Crippen LogP contribution in [0.5, 0.6) is 0 Å². The molecule has 21 heavy (non-hydrogen) atoms. The third-order valence-corrected chi connectivity index (χ3v) is 3.51. The molecule has 1 N–H and O–H groups in total. The summed E-state index contributed by atoms with van der Waals surface area (Å²) in [6.45, 7) is 6.04. The van der Waals surface area contributed by atoms with E-state index in [1.807, 2.05) is 51.9 Å². The van der Waals surface area contributed by atoms with Crippen molar-refractivity contribution < 1.29 is 9.21 Å². The molecule has 2 aromatic rings. The molecule has 0 aliphatic carbocycles. The molecule has 5 heteroatoms. The van der Waals surface area contributed by atoms with Crippen LogP contribution in [0, 0.1) is 20.8 Å². The Bertz CT molecular complexity index is 660. The summed E-state index contributed by atoms with van der Waals surface area (Å²) in [5.74, 6) is 2.21. The fourth-order valence-electron chi connectivity index (χ4n) is 2.21. The molecule has 2 rings (SSSR count). The standard InChI is InChI=1S/C16H21N3O2/c1-10-11(2)21-12(3)15(10)16(20)18-9-13-6-7-17-14(8-13)19(4)5/h6-8H,9H2,1-5H3,(H,18,20).